The highest BCUT2D eigenvalue weighted by Gasteiger charge is 2.49. The van der Waals surface area contributed by atoms with E-state index in [9.17, 15) is 9.59 Å². The number of rotatable bonds is 2. The molecule has 1 aliphatic heterocycles. The molecule has 1 heterocycles. The quantitative estimate of drug-likeness (QED) is 0.709. The van der Waals surface area contributed by atoms with Crippen molar-refractivity contribution in [2.45, 2.75) is 25.7 Å². The van der Waals surface area contributed by atoms with Gasteiger partial charge < -0.3 is 10.0 Å². The van der Waals surface area contributed by atoms with Crippen molar-refractivity contribution in [3.05, 3.63) is 0 Å². The van der Waals surface area contributed by atoms with Crippen LogP contribution in [0.4, 0.5) is 0 Å². The lowest BCUT2D eigenvalue weighted by atomic mass is 10.1. The Bertz CT molecular complexity index is 258. The molecule has 1 saturated heterocycles. The fourth-order valence-corrected chi connectivity index (χ4v) is 2.09. The molecule has 78 valence electrons. The highest BCUT2D eigenvalue weighted by atomic mass is 16.4. The second-order valence-electron chi connectivity index (χ2n) is 4.17. The summed E-state index contributed by atoms with van der Waals surface area (Å²) in [5.41, 5.74) is 0. The van der Waals surface area contributed by atoms with E-state index in [2.05, 4.69) is 0 Å². The van der Waals surface area contributed by atoms with Gasteiger partial charge in [0.25, 0.3) is 0 Å². The summed E-state index contributed by atoms with van der Waals surface area (Å²) in [6.45, 7) is 1.64. The van der Waals surface area contributed by atoms with Crippen molar-refractivity contribution < 1.29 is 14.7 Å². The normalized spacial score (nSPS) is 31.3. The number of carboxylic acids is 1. The topological polar surface area (TPSA) is 57.6 Å². The molecule has 2 aliphatic rings. The zero-order valence-electron chi connectivity index (χ0n) is 8.11. The summed E-state index contributed by atoms with van der Waals surface area (Å²) in [6.07, 6.45) is 3.87. The first-order valence-corrected chi connectivity index (χ1v) is 5.22. The van der Waals surface area contributed by atoms with Crippen LogP contribution in [0.1, 0.15) is 25.7 Å². The SMILES string of the molecule is O=C(O)C1CC1C(=O)N1CCCCC1. The molecule has 0 bridgehead atoms. The van der Waals surface area contributed by atoms with Gasteiger partial charge in [0.2, 0.25) is 5.91 Å². The molecular weight excluding hydrogens is 182 g/mol. The highest BCUT2D eigenvalue weighted by molar-refractivity contribution is 5.89. The Kier molecular flexibility index (Phi) is 2.44. The number of carbonyl (C=O) groups is 2. The third kappa shape index (κ3) is 1.74. The molecule has 4 nitrogen and oxygen atoms in total. The zero-order valence-corrected chi connectivity index (χ0v) is 8.11. The number of carbonyl (C=O) groups excluding carboxylic acids is 1. The van der Waals surface area contributed by atoms with Gasteiger partial charge in [-0.2, -0.15) is 0 Å². The third-order valence-corrected chi connectivity index (χ3v) is 3.09. The van der Waals surface area contributed by atoms with Gasteiger partial charge in [0.15, 0.2) is 0 Å². The lowest BCUT2D eigenvalue weighted by Gasteiger charge is -2.26. The molecule has 1 N–H and O–H groups in total. The van der Waals surface area contributed by atoms with Crippen LogP contribution in [-0.2, 0) is 9.59 Å². The standard InChI is InChI=1S/C10H15NO3/c12-9(7-6-8(7)10(13)14)11-4-2-1-3-5-11/h7-8H,1-6H2,(H,13,14). The molecule has 1 amide bonds. The number of hydrogen-bond donors (Lipinski definition) is 1. The van der Waals surface area contributed by atoms with Crippen LogP contribution in [0.2, 0.25) is 0 Å². The number of nitrogens with zero attached hydrogens (tertiary/aromatic N) is 1. The van der Waals surface area contributed by atoms with Gasteiger partial charge in [0.05, 0.1) is 11.8 Å². The zero-order chi connectivity index (χ0) is 10.1. The van der Waals surface area contributed by atoms with Gasteiger partial charge in [-0.25, -0.2) is 0 Å². The maximum Gasteiger partial charge on any atom is 0.307 e. The summed E-state index contributed by atoms with van der Waals surface area (Å²) in [4.78, 5) is 24.2. The smallest absolute Gasteiger partial charge is 0.307 e. The van der Waals surface area contributed by atoms with Crippen molar-refractivity contribution in [1.82, 2.24) is 4.90 Å². The number of carboxylic acid groups (broad SMARTS) is 1. The van der Waals surface area contributed by atoms with Crippen molar-refractivity contribution >= 4 is 11.9 Å². The Morgan fingerprint density at radius 1 is 1.07 bits per heavy atom. The molecule has 2 rings (SSSR count). The molecule has 0 aromatic carbocycles. The largest absolute Gasteiger partial charge is 0.481 e. The third-order valence-electron chi connectivity index (χ3n) is 3.09. The molecule has 1 saturated carbocycles. The Hall–Kier alpha value is -1.06. The Balaban J connectivity index is 1.87. The Morgan fingerprint density at radius 2 is 1.71 bits per heavy atom. The van der Waals surface area contributed by atoms with Crippen molar-refractivity contribution in [2.24, 2.45) is 11.8 Å². The van der Waals surface area contributed by atoms with Gasteiger partial charge in [-0.05, 0) is 25.7 Å². The van der Waals surface area contributed by atoms with Crippen LogP contribution < -0.4 is 0 Å². The molecule has 14 heavy (non-hydrogen) atoms. The molecule has 0 aromatic heterocycles. The molecule has 0 spiro atoms. The molecule has 2 unspecified atom stereocenters. The van der Waals surface area contributed by atoms with E-state index in [1.54, 1.807) is 0 Å². The summed E-state index contributed by atoms with van der Waals surface area (Å²) in [5, 5.41) is 8.70. The van der Waals surface area contributed by atoms with Gasteiger partial charge in [-0.3, -0.25) is 9.59 Å². The predicted molar refractivity (Wildman–Crippen MR) is 49.7 cm³/mol. The van der Waals surface area contributed by atoms with E-state index in [0.29, 0.717) is 6.42 Å². The average molecular weight is 197 g/mol. The van der Waals surface area contributed by atoms with Gasteiger partial charge in [-0.1, -0.05) is 0 Å². The molecule has 2 fully saturated rings. The summed E-state index contributed by atoms with van der Waals surface area (Å²) in [5.74, 6) is -1.37. The van der Waals surface area contributed by atoms with E-state index in [0.717, 1.165) is 25.9 Å². The summed E-state index contributed by atoms with van der Waals surface area (Å²) in [6, 6.07) is 0. The highest BCUT2D eigenvalue weighted by Crippen LogP contribution is 2.40. The van der Waals surface area contributed by atoms with Gasteiger partial charge in [0, 0.05) is 13.1 Å². The van der Waals surface area contributed by atoms with Gasteiger partial charge in [0.1, 0.15) is 0 Å². The maximum absolute atomic E-state index is 11.7. The van der Waals surface area contributed by atoms with Crippen LogP contribution >= 0.6 is 0 Å². The van der Waals surface area contributed by atoms with Crippen LogP contribution in [-0.4, -0.2) is 35.0 Å². The van der Waals surface area contributed by atoms with E-state index in [1.807, 2.05) is 4.90 Å². The van der Waals surface area contributed by atoms with Crippen LogP contribution in [0.25, 0.3) is 0 Å². The number of hydrogen-bond acceptors (Lipinski definition) is 2. The Labute approximate surface area is 82.9 Å². The van der Waals surface area contributed by atoms with E-state index in [-0.39, 0.29) is 11.8 Å². The van der Waals surface area contributed by atoms with E-state index in [4.69, 9.17) is 5.11 Å². The fourth-order valence-electron chi connectivity index (χ4n) is 2.09. The van der Waals surface area contributed by atoms with Gasteiger partial charge >= 0.3 is 5.97 Å². The minimum absolute atomic E-state index is 0.0668. The molecule has 0 radical (unpaired) electrons. The fraction of sp³-hybridized carbons (Fsp3) is 0.800. The molecule has 2 atom stereocenters. The summed E-state index contributed by atoms with van der Waals surface area (Å²) in [7, 11) is 0. The maximum atomic E-state index is 11.7. The van der Waals surface area contributed by atoms with Crippen LogP contribution in [0.15, 0.2) is 0 Å². The number of likely N-dealkylation sites (tertiary alicyclic amines) is 1. The summed E-state index contributed by atoms with van der Waals surface area (Å²) < 4.78 is 0. The van der Waals surface area contributed by atoms with E-state index >= 15 is 0 Å². The average Bonchev–Trinajstić information content (AvgIpc) is 2.97. The van der Waals surface area contributed by atoms with Crippen molar-refractivity contribution in [1.29, 1.82) is 0 Å². The lowest BCUT2D eigenvalue weighted by molar-refractivity contribution is -0.142. The molecule has 4 heteroatoms. The minimum Gasteiger partial charge on any atom is -0.481 e. The van der Waals surface area contributed by atoms with Crippen molar-refractivity contribution in [2.75, 3.05) is 13.1 Å². The number of amides is 1. The summed E-state index contributed by atoms with van der Waals surface area (Å²) >= 11 is 0. The number of piperidine rings is 1. The minimum atomic E-state index is -0.819. The van der Waals surface area contributed by atoms with E-state index < -0.39 is 11.9 Å². The number of aliphatic carboxylic acids is 1. The lowest BCUT2D eigenvalue weighted by Crippen LogP contribution is -2.37. The first-order chi connectivity index (χ1) is 6.70. The molecule has 0 aromatic rings. The van der Waals surface area contributed by atoms with E-state index in [1.165, 1.54) is 6.42 Å². The van der Waals surface area contributed by atoms with Gasteiger partial charge in [-0.15, -0.1) is 0 Å². The first kappa shape index (κ1) is 9.49. The predicted octanol–water partition coefficient (Wildman–Crippen LogP) is 0.720. The van der Waals surface area contributed by atoms with Crippen LogP contribution in [0.3, 0.4) is 0 Å². The van der Waals surface area contributed by atoms with Crippen molar-refractivity contribution in [3.8, 4) is 0 Å². The van der Waals surface area contributed by atoms with Crippen molar-refractivity contribution in [3.63, 3.8) is 0 Å². The molecular formula is C10H15NO3. The monoisotopic (exact) mass is 197 g/mol. The van der Waals surface area contributed by atoms with Crippen LogP contribution in [0, 0.1) is 11.8 Å². The molecule has 1 aliphatic carbocycles. The Morgan fingerprint density at radius 3 is 2.21 bits per heavy atom. The second kappa shape index (κ2) is 3.59. The first-order valence-electron chi connectivity index (χ1n) is 5.22. The second-order valence-corrected chi connectivity index (χ2v) is 4.17. The van der Waals surface area contributed by atoms with Crippen LogP contribution in [0.5, 0.6) is 0 Å².